The molecule has 1 aliphatic heterocycles. The van der Waals surface area contributed by atoms with Crippen molar-refractivity contribution in [2.24, 2.45) is 5.92 Å². The molecule has 1 atom stereocenters. The van der Waals surface area contributed by atoms with Gasteiger partial charge in [0.25, 0.3) is 0 Å². The monoisotopic (exact) mass is 369 g/mol. The van der Waals surface area contributed by atoms with Crippen LogP contribution in [0.3, 0.4) is 0 Å². The van der Waals surface area contributed by atoms with E-state index in [1.807, 2.05) is 16.9 Å². The number of carbonyl (C=O) groups excluding carboxylic acids is 1. The van der Waals surface area contributed by atoms with Crippen molar-refractivity contribution >= 4 is 16.9 Å². The van der Waals surface area contributed by atoms with Gasteiger partial charge in [0.1, 0.15) is 0 Å². The highest BCUT2D eigenvalue weighted by Crippen LogP contribution is 2.33. The highest BCUT2D eigenvalue weighted by atomic mass is 16.2. The second kappa shape index (κ2) is 7.97. The molecule has 1 saturated heterocycles. The Hall–Kier alpha value is -1.95. The van der Waals surface area contributed by atoms with Gasteiger partial charge in [-0.15, -0.1) is 0 Å². The SMILES string of the molecule is CN(C)CCn1nc(C2CCN(C(=O)C3CCCCC3)C2)c2cccnc21. The second-order valence-corrected chi connectivity index (χ2v) is 8.39. The topological polar surface area (TPSA) is 54.3 Å². The van der Waals surface area contributed by atoms with Crippen LogP contribution in [0.25, 0.3) is 11.0 Å². The van der Waals surface area contributed by atoms with Crippen LogP contribution in [0.4, 0.5) is 0 Å². The summed E-state index contributed by atoms with van der Waals surface area (Å²) in [5.41, 5.74) is 2.09. The highest BCUT2D eigenvalue weighted by Gasteiger charge is 2.34. The fraction of sp³-hybridized carbons (Fsp3) is 0.667. The normalized spacial score (nSPS) is 21.4. The molecule has 1 saturated carbocycles. The second-order valence-electron chi connectivity index (χ2n) is 8.39. The number of rotatable bonds is 5. The Kier molecular flexibility index (Phi) is 5.43. The summed E-state index contributed by atoms with van der Waals surface area (Å²) in [6, 6.07) is 4.12. The standard InChI is InChI=1S/C21H31N5O/c1-24(2)13-14-26-20-18(9-6-11-22-20)19(23-26)17-10-12-25(15-17)21(27)16-7-4-3-5-8-16/h6,9,11,16-17H,3-5,7-8,10,12-15H2,1-2H3. The molecular formula is C21H31N5O. The Balaban J connectivity index is 1.52. The zero-order valence-corrected chi connectivity index (χ0v) is 16.6. The molecule has 2 fully saturated rings. The molecule has 6 nitrogen and oxygen atoms in total. The molecule has 4 rings (SSSR count). The minimum Gasteiger partial charge on any atom is -0.342 e. The van der Waals surface area contributed by atoms with E-state index >= 15 is 0 Å². The van der Waals surface area contributed by atoms with Gasteiger partial charge >= 0.3 is 0 Å². The van der Waals surface area contributed by atoms with Gasteiger partial charge in [0.05, 0.1) is 12.2 Å². The van der Waals surface area contributed by atoms with E-state index in [-0.39, 0.29) is 5.92 Å². The van der Waals surface area contributed by atoms with Crippen molar-refractivity contribution in [3.8, 4) is 0 Å². The molecule has 1 amide bonds. The summed E-state index contributed by atoms with van der Waals surface area (Å²) in [5, 5.41) is 6.09. The van der Waals surface area contributed by atoms with E-state index in [1.165, 1.54) is 19.3 Å². The smallest absolute Gasteiger partial charge is 0.225 e. The molecule has 27 heavy (non-hydrogen) atoms. The molecule has 0 N–H and O–H groups in total. The van der Waals surface area contributed by atoms with Gasteiger partial charge in [-0.05, 0) is 45.5 Å². The van der Waals surface area contributed by atoms with E-state index in [0.29, 0.717) is 11.8 Å². The third kappa shape index (κ3) is 3.86. The van der Waals surface area contributed by atoms with Crippen molar-refractivity contribution in [3.05, 3.63) is 24.0 Å². The van der Waals surface area contributed by atoms with E-state index in [1.54, 1.807) is 0 Å². The fourth-order valence-corrected chi connectivity index (χ4v) is 4.58. The number of aromatic nitrogens is 3. The first-order valence-electron chi connectivity index (χ1n) is 10.4. The summed E-state index contributed by atoms with van der Waals surface area (Å²) in [7, 11) is 4.15. The zero-order valence-electron chi connectivity index (χ0n) is 16.6. The number of amides is 1. The molecule has 1 unspecified atom stereocenters. The Bertz CT molecular complexity index is 793. The summed E-state index contributed by atoms with van der Waals surface area (Å²) in [4.78, 5) is 21.7. The molecule has 1 aliphatic carbocycles. The number of pyridine rings is 1. The Labute approximate surface area is 161 Å². The number of hydrogen-bond donors (Lipinski definition) is 0. The van der Waals surface area contributed by atoms with Gasteiger partial charge in [-0.25, -0.2) is 9.67 Å². The molecule has 2 aliphatic rings. The van der Waals surface area contributed by atoms with Crippen LogP contribution in [-0.4, -0.2) is 64.2 Å². The lowest BCUT2D eigenvalue weighted by atomic mass is 9.88. The molecule has 146 valence electrons. The number of likely N-dealkylation sites (tertiary alicyclic amines) is 1. The Morgan fingerprint density at radius 3 is 2.81 bits per heavy atom. The molecule has 0 bridgehead atoms. The first-order chi connectivity index (χ1) is 13.1. The van der Waals surface area contributed by atoms with E-state index in [4.69, 9.17) is 5.10 Å². The van der Waals surface area contributed by atoms with Crippen LogP contribution in [0.15, 0.2) is 18.3 Å². The van der Waals surface area contributed by atoms with Crippen LogP contribution >= 0.6 is 0 Å². The summed E-state index contributed by atoms with van der Waals surface area (Å²) in [6.45, 7) is 3.44. The van der Waals surface area contributed by atoms with Gasteiger partial charge in [-0.2, -0.15) is 5.10 Å². The van der Waals surface area contributed by atoms with Gasteiger partial charge in [0.15, 0.2) is 5.65 Å². The van der Waals surface area contributed by atoms with Crippen molar-refractivity contribution < 1.29 is 4.79 Å². The fourth-order valence-electron chi connectivity index (χ4n) is 4.58. The van der Waals surface area contributed by atoms with Crippen LogP contribution in [0.1, 0.15) is 50.1 Å². The first-order valence-corrected chi connectivity index (χ1v) is 10.4. The minimum absolute atomic E-state index is 0.258. The van der Waals surface area contributed by atoms with Crippen molar-refractivity contribution in [2.75, 3.05) is 33.7 Å². The van der Waals surface area contributed by atoms with Crippen molar-refractivity contribution in [1.82, 2.24) is 24.6 Å². The van der Waals surface area contributed by atoms with Crippen molar-refractivity contribution in [3.63, 3.8) is 0 Å². The third-order valence-corrected chi connectivity index (χ3v) is 6.14. The number of nitrogens with zero attached hydrogens (tertiary/aromatic N) is 5. The van der Waals surface area contributed by atoms with E-state index < -0.39 is 0 Å². The van der Waals surface area contributed by atoms with Crippen molar-refractivity contribution in [2.45, 2.75) is 51.0 Å². The Morgan fingerprint density at radius 2 is 2.04 bits per heavy atom. The summed E-state index contributed by atoms with van der Waals surface area (Å²) >= 11 is 0. The molecular weight excluding hydrogens is 338 g/mol. The predicted octanol–water partition coefficient (Wildman–Crippen LogP) is 2.89. The summed E-state index contributed by atoms with van der Waals surface area (Å²) < 4.78 is 2.04. The lowest BCUT2D eigenvalue weighted by molar-refractivity contribution is -0.135. The van der Waals surface area contributed by atoms with E-state index in [0.717, 1.165) is 62.2 Å². The van der Waals surface area contributed by atoms with E-state index in [9.17, 15) is 4.79 Å². The summed E-state index contributed by atoms with van der Waals surface area (Å²) in [5.74, 6) is 0.963. The quantitative estimate of drug-likeness (QED) is 0.813. The van der Waals surface area contributed by atoms with Gasteiger partial charge in [0.2, 0.25) is 5.91 Å². The summed E-state index contributed by atoms with van der Waals surface area (Å²) in [6.07, 6.45) is 8.70. The predicted molar refractivity (Wildman–Crippen MR) is 107 cm³/mol. The van der Waals surface area contributed by atoms with Crippen LogP contribution < -0.4 is 0 Å². The molecule has 2 aromatic heterocycles. The van der Waals surface area contributed by atoms with Crippen LogP contribution in [0.5, 0.6) is 0 Å². The maximum absolute atomic E-state index is 12.9. The van der Waals surface area contributed by atoms with Gasteiger partial charge in [-0.1, -0.05) is 19.3 Å². The van der Waals surface area contributed by atoms with Gasteiger partial charge in [0, 0.05) is 43.1 Å². The largest absolute Gasteiger partial charge is 0.342 e. The first kappa shape index (κ1) is 18.4. The maximum Gasteiger partial charge on any atom is 0.225 e. The Morgan fingerprint density at radius 1 is 1.22 bits per heavy atom. The van der Waals surface area contributed by atoms with Crippen LogP contribution in [0, 0.1) is 5.92 Å². The maximum atomic E-state index is 12.9. The van der Waals surface area contributed by atoms with Gasteiger partial charge < -0.3 is 9.80 Å². The average Bonchev–Trinajstić information content (AvgIpc) is 3.31. The van der Waals surface area contributed by atoms with E-state index in [2.05, 4.69) is 34.9 Å². The average molecular weight is 370 g/mol. The minimum atomic E-state index is 0.258. The van der Waals surface area contributed by atoms with Crippen LogP contribution in [0.2, 0.25) is 0 Å². The molecule has 2 aromatic rings. The number of hydrogen-bond acceptors (Lipinski definition) is 4. The molecule has 0 aromatic carbocycles. The lowest BCUT2D eigenvalue weighted by Crippen LogP contribution is -2.35. The number of fused-ring (bicyclic) bond motifs is 1. The lowest BCUT2D eigenvalue weighted by Gasteiger charge is -2.26. The zero-order chi connectivity index (χ0) is 18.8. The molecule has 6 heteroatoms. The number of likely N-dealkylation sites (N-methyl/N-ethyl adjacent to an activating group) is 1. The molecule has 0 radical (unpaired) electrons. The van der Waals surface area contributed by atoms with Gasteiger partial charge in [-0.3, -0.25) is 4.79 Å². The number of carbonyl (C=O) groups is 1. The van der Waals surface area contributed by atoms with Crippen LogP contribution in [-0.2, 0) is 11.3 Å². The third-order valence-electron chi connectivity index (χ3n) is 6.14. The molecule has 3 heterocycles. The molecule has 0 spiro atoms. The van der Waals surface area contributed by atoms with Crippen molar-refractivity contribution in [1.29, 1.82) is 0 Å². The highest BCUT2D eigenvalue weighted by molar-refractivity contribution is 5.81.